The summed E-state index contributed by atoms with van der Waals surface area (Å²) in [6, 6.07) is 12.1. The lowest BCUT2D eigenvalue weighted by atomic mass is 9.95. The predicted molar refractivity (Wildman–Crippen MR) is 105 cm³/mol. The number of rotatable bonds is 6. The maximum Gasteiger partial charge on any atom is 0.460 e. The summed E-state index contributed by atoms with van der Waals surface area (Å²) >= 11 is 0. The molecule has 1 aliphatic rings. The molecule has 2 aromatic carbocycles. The molecule has 0 bridgehead atoms. The van der Waals surface area contributed by atoms with Gasteiger partial charge in [0.15, 0.2) is 0 Å². The predicted octanol–water partition coefficient (Wildman–Crippen LogP) is 5.88. The first-order valence-corrected chi connectivity index (χ1v) is 11.0. The van der Waals surface area contributed by atoms with E-state index >= 15 is 0 Å². The zero-order chi connectivity index (χ0) is 25.6. The fourth-order valence-corrected chi connectivity index (χ4v) is 4.96. The Balaban J connectivity index is 2.09. The Morgan fingerprint density at radius 2 is 1.29 bits per heavy atom. The van der Waals surface area contributed by atoms with Crippen molar-refractivity contribution in [3.63, 3.8) is 0 Å². The van der Waals surface area contributed by atoms with Crippen LogP contribution >= 0.6 is 0 Å². The molecule has 1 unspecified atom stereocenters. The molecule has 1 aliphatic heterocycles. The summed E-state index contributed by atoms with van der Waals surface area (Å²) in [7, 11) is -6.74. The van der Waals surface area contributed by atoms with Crippen LogP contribution in [0.15, 0.2) is 60.7 Å². The summed E-state index contributed by atoms with van der Waals surface area (Å²) in [5.74, 6) is -14.6. The van der Waals surface area contributed by atoms with Crippen molar-refractivity contribution >= 4 is 16.1 Å². The zero-order valence-corrected chi connectivity index (χ0v) is 17.7. The van der Waals surface area contributed by atoms with E-state index in [0.29, 0.717) is 11.1 Å². The molecule has 3 rings (SSSR count). The summed E-state index contributed by atoms with van der Waals surface area (Å²) in [6.45, 7) is -0.939. The van der Waals surface area contributed by atoms with Crippen molar-refractivity contribution in [1.82, 2.24) is 4.31 Å². The standard InChI is InChI=1S/C21H16F9NO2S/c22-18(23,20(26,27)28)19(24,25)21(29,30)34(32,33)31-13-16-9-5-4-8-15(16)12-17(31)11-10-14-6-2-1-3-7-14/h1-11,17H,12-13H2/b11-10+. The minimum atomic E-state index is -7.32. The highest BCUT2D eigenvalue weighted by Crippen LogP contribution is 2.55. The van der Waals surface area contributed by atoms with Gasteiger partial charge in [0.1, 0.15) is 0 Å². The van der Waals surface area contributed by atoms with E-state index in [9.17, 15) is 47.9 Å². The van der Waals surface area contributed by atoms with Crippen LogP contribution < -0.4 is 0 Å². The van der Waals surface area contributed by atoms with Gasteiger partial charge in [-0.1, -0.05) is 66.7 Å². The van der Waals surface area contributed by atoms with Crippen LogP contribution in [0.1, 0.15) is 16.7 Å². The topological polar surface area (TPSA) is 37.4 Å². The smallest absolute Gasteiger partial charge is 0.206 e. The normalized spacial score (nSPS) is 18.8. The van der Waals surface area contributed by atoms with Crippen molar-refractivity contribution in [1.29, 1.82) is 0 Å². The first-order chi connectivity index (χ1) is 15.5. The average molecular weight is 517 g/mol. The SMILES string of the molecule is O=S(=O)(N1Cc2ccccc2CC1/C=C/c1ccccc1)C(F)(F)C(F)(F)C(F)(F)C(F)(F)F. The van der Waals surface area contributed by atoms with Crippen molar-refractivity contribution in [3.8, 4) is 0 Å². The lowest BCUT2D eigenvalue weighted by Gasteiger charge is -2.39. The molecule has 0 fully saturated rings. The van der Waals surface area contributed by atoms with E-state index in [1.54, 1.807) is 36.4 Å². The fourth-order valence-electron chi connectivity index (χ4n) is 3.41. The molecule has 0 saturated heterocycles. The maximum atomic E-state index is 14.5. The van der Waals surface area contributed by atoms with Crippen molar-refractivity contribution in [2.75, 3.05) is 0 Å². The maximum absolute atomic E-state index is 14.5. The minimum absolute atomic E-state index is 0.108. The van der Waals surface area contributed by atoms with Crippen LogP contribution in [-0.4, -0.2) is 42.0 Å². The van der Waals surface area contributed by atoms with E-state index in [2.05, 4.69) is 0 Å². The van der Waals surface area contributed by atoms with Gasteiger partial charge in [-0.05, 0) is 23.1 Å². The van der Waals surface area contributed by atoms with Gasteiger partial charge >= 0.3 is 23.3 Å². The Bertz CT molecular complexity index is 1160. The molecule has 0 aromatic heterocycles. The number of benzene rings is 2. The summed E-state index contributed by atoms with van der Waals surface area (Å²) in [5, 5.41) is -6.79. The van der Waals surface area contributed by atoms with Crippen molar-refractivity contribution in [3.05, 3.63) is 77.4 Å². The first-order valence-electron chi connectivity index (χ1n) is 9.55. The van der Waals surface area contributed by atoms with Gasteiger partial charge in [0.05, 0.1) is 0 Å². The third-order valence-corrected chi connectivity index (χ3v) is 7.22. The number of fused-ring (bicyclic) bond motifs is 1. The van der Waals surface area contributed by atoms with Crippen LogP contribution in [0.2, 0.25) is 0 Å². The van der Waals surface area contributed by atoms with Crippen LogP contribution in [0.25, 0.3) is 6.08 Å². The Morgan fingerprint density at radius 3 is 1.85 bits per heavy atom. The van der Waals surface area contributed by atoms with Crippen molar-refractivity contribution in [2.45, 2.75) is 42.3 Å². The summed E-state index contributed by atoms with van der Waals surface area (Å²) in [6.07, 6.45) is -5.06. The molecule has 0 radical (unpaired) electrons. The molecular formula is C21H16F9NO2S. The molecule has 1 heterocycles. The van der Waals surface area contributed by atoms with E-state index in [1.165, 1.54) is 24.3 Å². The van der Waals surface area contributed by atoms with Gasteiger partial charge in [-0.2, -0.15) is 43.8 Å². The van der Waals surface area contributed by atoms with Gasteiger partial charge < -0.3 is 0 Å². The van der Waals surface area contributed by atoms with Crippen LogP contribution in [0.5, 0.6) is 0 Å². The Hall–Kier alpha value is -2.54. The van der Waals surface area contributed by atoms with Gasteiger partial charge in [-0.3, -0.25) is 0 Å². The monoisotopic (exact) mass is 517 g/mol. The van der Waals surface area contributed by atoms with Gasteiger partial charge in [-0.25, -0.2) is 8.42 Å². The summed E-state index contributed by atoms with van der Waals surface area (Å²) in [5.41, 5.74) is 1.05. The average Bonchev–Trinajstić information content (AvgIpc) is 2.76. The van der Waals surface area contributed by atoms with Gasteiger partial charge in [-0.15, -0.1) is 0 Å². The number of sulfonamides is 1. The van der Waals surface area contributed by atoms with E-state index in [1.807, 2.05) is 0 Å². The second kappa shape index (κ2) is 8.59. The number of hydrogen-bond acceptors (Lipinski definition) is 2. The molecule has 13 heteroatoms. The highest BCUT2D eigenvalue weighted by molar-refractivity contribution is 7.90. The fraction of sp³-hybridized carbons (Fsp3) is 0.333. The molecule has 186 valence electrons. The second-order valence-electron chi connectivity index (χ2n) is 7.52. The Morgan fingerprint density at radius 1 is 0.765 bits per heavy atom. The summed E-state index contributed by atoms with van der Waals surface area (Å²) < 4.78 is 146. The quantitative estimate of drug-likeness (QED) is 0.449. The van der Waals surface area contributed by atoms with Crippen LogP contribution in [-0.2, 0) is 23.0 Å². The van der Waals surface area contributed by atoms with Crippen LogP contribution in [0.3, 0.4) is 0 Å². The van der Waals surface area contributed by atoms with Gasteiger partial charge in [0.2, 0.25) is 0 Å². The third-order valence-electron chi connectivity index (χ3n) is 5.30. The Kier molecular flexibility index (Phi) is 6.59. The minimum Gasteiger partial charge on any atom is -0.206 e. The van der Waals surface area contributed by atoms with Crippen molar-refractivity contribution < 1.29 is 47.9 Å². The molecule has 1 atom stereocenters. The number of hydrogen-bond donors (Lipinski definition) is 0. The molecule has 0 spiro atoms. The molecule has 0 amide bonds. The van der Waals surface area contributed by atoms with Crippen molar-refractivity contribution in [2.24, 2.45) is 0 Å². The molecule has 34 heavy (non-hydrogen) atoms. The van der Waals surface area contributed by atoms with E-state index < -0.39 is 45.9 Å². The number of nitrogens with zero attached hydrogens (tertiary/aromatic N) is 1. The third kappa shape index (κ3) is 4.19. The Labute approximate surface area is 188 Å². The zero-order valence-electron chi connectivity index (χ0n) is 16.9. The lowest BCUT2D eigenvalue weighted by molar-refractivity contribution is -0.382. The van der Waals surface area contributed by atoms with Crippen LogP contribution in [0, 0.1) is 0 Å². The van der Waals surface area contributed by atoms with E-state index in [0.717, 1.165) is 6.08 Å². The lowest BCUT2D eigenvalue weighted by Crippen LogP contribution is -2.66. The molecule has 0 aliphatic carbocycles. The van der Waals surface area contributed by atoms with Gasteiger partial charge in [0.25, 0.3) is 10.0 Å². The molecular weight excluding hydrogens is 501 g/mol. The van der Waals surface area contributed by atoms with E-state index in [4.69, 9.17) is 0 Å². The molecule has 3 nitrogen and oxygen atoms in total. The molecule has 0 saturated carbocycles. The highest BCUT2D eigenvalue weighted by atomic mass is 32.2. The highest BCUT2D eigenvalue weighted by Gasteiger charge is 2.86. The number of halogens is 9. The molecule has 2 aromatic rings. The first kappa shape index (κ1) is 26.1. The van der Waals surface area contributed by atoms with E-state index in [-0.39, 0.29) is 16.3 Å². The number of alkyl halides is 9. The second-order valence-corrected chi connectivity index (χ2v) is 9.46. The molecule has 0 N–H and O–H groups in total. The summed E-state index contributed by atoms with van der Waals surface area (Å²) in [4.78, 5) is 0. The van der Waals surface area contributed by atoms with Crippen LogP contribution in [0.4, 0.5) is 39.5 Å². The largest absolute Gasteiger partial charge is 0.460 e. The van der Waals surface area contributed by atoms with Gasteiger partial charge in [0, 0.05) is 12.6 Å².